The maximum atomic E-state index is 5.27. The van der Waals surface area contributed by atoms with Crippen LogP contribution in [0.3, 0.4) is 0 Å². The molecular formula is C18H18N2S2. The van der Waals surface area contributed by atoms with Crippen molar-refractivity contribution in [3.05, 3.63) is 71.7 Å². The molecule has 2 N–H and O–H groups in total. The highest BCUT2D eigenvalue weighted by atomic mass is 32.2. The maximum absolute atomic E-state index is 5.27. The summed E-state index contributed by atoms with van der Waals surface area (Å²) in [7, 11) is 0. The van der Waals surface area contributed by atoms with Crippen LogP contribution in [0, 0.1) is 0 Å². The normalized spacial score (nSPS) is 13.3. The molecule has 1 fully saturated rings. The lowest BCUT2D eigenvalue weighted by Crippen LogP contribution is -1.79. The molecule has 1 aromatic heterocycles. The number of hydrogen-bond donors (Lipinski definition) is 1. The van der Waals surface area contributed by atoms with Crippen molar-refractivity contribution in [3.63, 3.8) is 0 Å². The molecule has 4 heteroatoms. The molecule has 0 amide bonds. The average Bonchev–Trinajstić information content (AvgIpc) is 3.34. The molecule has 1 aliphatic carbocycles. The fraction of sp³-hybridized carbons (Fsp3) is 0.167. The number of rotatable bonds is 3. The molecule has 0 spiro atoms. The van der Waals surface area contributed by atoms with E-state index in [4.69, 9.17) is 5.14 Å². The number of nitrogens with zero attached hydrogens (tertiary/aromatic N) is 1. The summed E-state index contributed by atoms with van der Waals surface area (Å²) in [5.41, 5.74) is 2.54. The standard InChI is InChI=1S/C12H11NS.C6H7NS/c1-2-4-10(5-3-1)12-13-11(8-14-12)9-6-7-9;7-8-6-4-2-1-3-5-6/h1-5,8-9H,6-7H2;1-5H,7H2. The molecule has 2 nitrogen and oxygen atoms in total. The van der Waals surface area contributed by atoms with E-state index in [2.05, 4.69) is 34.6 Å². The molecule has 112 valence electrons. The lowest BCUT2D eigenvalue weighted by molar-refractivity contribution is 1.05. The first-order chi connectivity index (χ1) is 10.9. The van der Waals surface area contributed by atoms with E-state index >= 15 is 0 Å². The van der Waals surface area contributed by atoms with Gasteiger partial charge in [-0.3, -0.25) is 5.14 Å². The number of hydrogen-bond acceptors (Lipinski definition) is 4. The topological polar surface area (TPSA) is 38.9 Å². The molecule has 0 saturated heterocycles. The van der Waals surface area contributed by atoms with Crippen LogP contribution in [0.25, 0.3) is 10.6 Å². The first-order valence-electron chi connectivity index (χ1n) is 7.29. The summed E-state index contributed by atoms with van der Waals surface area (Å²) in [6.45, 7) is 0. The third-order valence-electron chi connectivity index (χ3n) is 3.42. The van der Waals surface area contributed by atoms with Crippen LogP contribution in [0.4, 0.5) is 0 Å². The van der Waals surface area contributed by atoms with Gasteiger partial charge >= 0.3 is 0 Å². The van der Waals surface area contributed by atoms with Crippen molar-refractivity contribution >= 4 is 23.3 Å². The average molecular weight is 326 g/mol. The van der Waals surface area contributed by atoms with Crippen molar-refractivity contribution in [2.75, 3.05) is 0 Å². The highest BCUT2D eigenvalue weighted by Crippen LogP contribution is 2.41. The van der Waals surface area contributed by atoms with Gasteiger partial charge in [-0.2, -0.15) is 0 Å². The Balaban J connectivity index is 0.000000154. The van der Waals surface area contributed by atoms with Crippen molar-refractivity contribution in [1.29, 1.82) is 0 Å². The van der Waals surface area contributed by atoms with Crippen LogP contribution in [0.15, 0.2) is 70.9 Å². The second-order valence-corrected chi connectivity index (χ2v) is 6.71. The third-order valence-corrected chi connectivity index (χ3v) is 4.87. The van der Waals surface area contributed by atoms with Crippen molar-refractivity contribution in [1.82, 2.24) is 4.98 Å². The molecule has 1 saturated carbocycles. The molecule has 0 atom stereocenters. The number of thiazole rings is 1. The second kappa shape index (κ2) is 7.58. The predicted molar refractivity (Wildman–Crippen MR) is 96.0 cm³/mol. The van der Waals surface area contributed by atoms with Gasteiger partial charge in [0.05, 0.1) is 5.69 Å². The van der Waals surface area contributed by atoms with Crippen LogP contribution < -0.4 is 5.14 Å². The molecule has 3 aromatic rings. The molecule has 1 aliphatic rings. The Morgan fingerprint density at radius 2 is 1.59 bits per heavy atom. The minimum absolute atomic E-state index is 0.767. The lowest BCUT2D eigenvalue weighted by atomic mass is 10.2. The lowest BCUT2D eigenvalue weighted by Gasteiger charge is -1.93. The molecule has 1 heterocycles. The van der Waals surface area contributed by atoms with E-state index in [-0.39, 0.29) is 0 Å². The van der Waals surface area contributed by atoms with Gasteiger partial charge in [-0.05, 0) is 36.9 Å². The van der Waals surface area contributed by atoms with Crippen LogP contribution in [-0.2, 0) is 0 Å². The van der Waals surface area contributed by atoms with E-state index in [0.29, 0.717) is 0 Å². The quantitative estimate of drug-likeness (QED) is 0.660. The largest absolute Gasteiger partial charge is 0.274 e. The van der Waals surface area contributed by atoms with Gasteiger partial charge in [-0.25, -0.2) is 4.98 Å². The zero-order valence-electron chi connectivity index (χ0n) is 12.2. The molecule has 0 unspecified atom stereocenters. The van der Waals surface area contributed by atoms with E-state index in [1.807, 2.05) is 36.4 Å². The fourth-order valence-corrected chi connectivity index (χ4v) is 3.29. The van der Waals surface area contributed by atoms with Crippen molar-refractivity contribution in [2.24, 2.45) is 5.14 Å². The minimum atomic E-state index is 0.767. The van der Waals surface area contributed by atoms with Gasteiger partial charge in [0.1, 0.15) is 5.01 Å². The van der Waals surface area contributed by atoms with Crippen molar-refractivity contribution in [3.8, 4) is 10.6 Å². The highest BCUT2D eigenvalue weighted by Gasteiger charge is 2.26. The molecule has 4 rings (SSSR count). The number of nitrogens with two attached hydrogens (primary N) is 1. The van der Waals surface area contributed by atoms with E-state index < -0.39 is 0 Å². The van der Waals surface area contributed by atoms with Gasteiger partial charge in [-0.15, -0.1) is 11.3 Å². The number of benzene rings is 2. The SMILES string of the molecule is NSc1ccccc1.c1ccc(-c2nc(C3CC3)cs2)cc1. The summed E-state index contributed by atoms with van der Waals surface area (Å²) < 4.78 is 0. The molecule has 22 heavy (non-hydrogen) atoms. The van der Waals surface area contributed by atoms with E-state index in [0.717, 1.165) is 15.8 Å². The first kappa shape index (κ1) is 15.3. The molecule has 0 aliphatic heterocycles. The zero-order valence-corrected chi connectivity index (χ0v) is 13.8. The summed E-state index contributed by atoms with van der Waals surface area (Å²) in [5, 5.41) is 8.63. The van der Waals surface area contributed by atoms with Gasteiger partial charge in [0, 0.05) is 21.8 Å². The summed E-state index contributed by atoms with van der Waals surface area (Å²) >= 11 is 3.03. The summed E-state index contributed by atoms with van der Waals surface area (Å²) in [6, 6.07) is 20.3. The monoisotopic (exact) mass is 326 g/mol. The summed E-state index contributed by atoms with van der Waals surface area (Å²) in [5.74, 6) is 0.767. The van der Waals surface area contributed by atoms with E-state index in [1.54, 1.807) is 11.3 Å². The molecule has 0 bridgehead atoms. The van der Waals surface area contributed by atoms with E-state index in [1.165, 1.54) is 36.0 Å². The molecular weight excluding hydrogens is 308 g/mol. The third kappa shape index (κ3) is 4.19. The second-order valence-electron chi connectivity index (χ2n) is 5.15. The Morgan fingerprint density at radius 1 is 0.955 bits per heavy atom. The van der Waals surface area contributed by atoms with Crippen LogP contribution >= 0.6 is 23.3 Å². The van der Waals surface area contributed by atoms with Crippen molar-refractivity contribution in [2.45, 2.75) is 23.7 Å². The smallest absolute Gasteiger partial charge is 0.123 e. The Hall–Kier alpha value is -1.62. The summed E-state index contributed by atoms with van der Waals surface area (Å²) in [6.07, 6.45) is 2.66. The molecule has 2 aromatic carbocycles. The van der Waals surface area contributed by atoms with Gasteiger partial charge < -0.3 is 0 Å². The van der Waals surface area contributed by atoms with Crippen molar-refractivity contribution < 1.29 is 0 Å². The number of aromatic nitrogens is 1. The van der Waals surface area contributed by atoms with Gasteiger partial charge in [0.2, 0.25) is 0 Å². The van der Waals surface area contributed by atoms with Gasteiger partial charge in [0.25, 0.3) is 0 Å². The first-order valence-corrected chi connectivity index (χ1v) is 9.05. The Bertz CT molecular complexity index is 691. The summed E-state index contributed by atoms with van der Waals surface area (Å²) in [4.78, 5) is 5.77. The Morgan fingerprint density at radius 3 is 2.14 bits per heavy atom. The van der Waals surface area contributed by atoms with Crippen LogP contribution in [0.5, 0.6) is 0 Å². The minimum Gasteiger partial charge on any atom is -0.274 e. The van der Waals surface area contributed by atoms with Crippen LogP contribution in [0.2, 0.25) is 0 Å². The van der Waals surface area contributed by atoms with Gasteiger partial charge in [-0.1, -0.05) is 48.5 Å². The van der Waals surface area contributed by atoms with Gasteiger partial charge in [0.15, 0.2) is 0 Å². The van der Waals surface area contributed by atoms with E-state index in [9.17, 15) is 0 Å². The Labute approximate surface area is 139 Å². The highest BCUT2D eigenvalue weighted by molar-refractivity contribution is 7.97. The predicted octanol–water partition coefficient (Wildman–Crippen LogP) is 5.34. The molecule has 0 radical (unpaired) electrons. The maximum Gasteiger partial charge on any atom is 0.123 e. The fourth-order valence-electron chi connectivity index (χ4n) is 2.07. The Kier molecular flexibility index (Phi) is 5.27. The van der Waals surface area contributed by atoms with Crippen LogP contribution in [0.1, 0.15) is 24.5 Å². The zero-order chi connectivity index (χ0) is 15.2. The van der Waals surface area contributed by atoms with Crippen LogP contribution in [-0.4, -0.2) is 4.98 Å².